The van der Waals surface area contributed by atoms with Gasteiger partial charge < -0.3 is 19.0 Å². The van der Waals surface area contributed by atoms with Crippen molar-refractivity contribution in [3.05, 3.63) is 132 Å². The van der Waals surface area contributed by atoms with Crippen LogP contribution < -0.4 is 0 Å². The Bertz CT molecular complexity index is 2140. The van der Waals surface area contributed by atoms with Crippen LogP contribution in [0.4, 0.5) is 8.78 Å². The number of halogens is 2. The predicted octanol–water partition coefficient (Wildman–Crippen LogP) is 7.83. The van der Waals surface area contributed by atoms with Gasteiger partial charge in [-0.2, -0.15) is 0 Å². The predicted molar refractivity (Wildman–Crippen MR) is 197 cm³/mol. The number of β-amino-alcohol motifs (C(OH)–C–C–N with tert-alkyl or cyclic N) is 1. The third kappa shape index (κ3) is 6.52. The number of ether oxygens (including phenoxy) is 1. The number of para-hydroxylation sites is 2. The first-order valence-corrected chi connectivity index (χ1v) is 17.5. The molecule has 2 atom stereocenters. The first kappa shape index (κ1) is 32.6. The van der Waals surface area contributed by atoms with E-state index < -0.39 is 6.10 Å². The van der Waals surface area contributed by atoms with Gasteiger partial charge in [-0.25, -0.2) is 8.78 Å². The van der Waals surface area contributed by atoms with Crippen LogP contribution in [-0.2, 0) is 24.4 Å². The van der Waals surface area contributed by atoms with E-state index in [0.29, 0.717) is 25.7 Å². The lowest BCUT2D eigenvalue weighted by Gasteiger charge is -2.40. The first-order chi connectivity index (χ1) is 24.4. The third-order valence-corrected chi connectivity index (χ3v) is 10.3. The van der Waals surface area contributed by atoms with Gasteiger partial charge in [-0.3, -0.25) is 9.80 Å². The highest BCUT2D eigenvalue weighted by molar-refractivity contribution is 6.09. The Hall–Kier alpha value is -4.60. The highest BCUT2D eigenvalue weighted by Gasteiger charge is 2.27. The highest BCUT2D eigenvalue weighted by atomic mass is 19.1. The van der Waals surface area contributed by atoms with Gasteiger partial charge in [0.2, 0.25) is 0 Å². The van der Waals surface area contributed by atoms with Gasteiger partial charge >= 0.3 is 0 Å². The normalized spacial score (nSPS) is 16.8. The summed E-state index contributed by atoms with van der Waals surface area (Å²) in [4.78, 5) is 4.83. The minimum absolute atomic E-state index is 0.166. The van der Waals surface area contributed by atoms with E-state index in [-0.39, 0.29) is 24.3 Å². The molecule has 1 fully saturated rings. The molecule has 1 aliphatic rings. The summed E-state index contributed by atoms with van der Waals surface area (Å²) in [6.45, 7) is 7.56. The zero-order valence-corrected chi connectivity index (χ0v) is 28.3. The van der Waals surface area contributed by atoms with Gasteiger partial charge in [0, 0.05) is 82.4 Å². The van der Waals surface area contributed by atoms with Crippen molar-refractivity contribution in [1.29, 1.82) is 0 Å². The van der Waals surface area contributed by atoms with Gasteiger partial charge in [0.25, 0.3) is 0 Å². The zero-order chi connectivity index (χ0) is 34.2. The molecule has 0 saturated carbocycles. The number of aliphatic hydroxyl groups excluding tert-OH is 1. The number of nitrogens with zero attached hydrogens (tertiary/aromatic N) is 4. The van der Waals surface area contributed by atoms with Crippen molar-refractivity contribution in [3.8, 4) is 0 Å². The molecule has 0 spiro atoms. The third-order valence-electron chi connectivity index (χ3n) is 10.3. The van der Waals surface area contributed by atoms with Crippen molar-refractivity contribution in [2.75, 3.05) is 32.8 Å². The average molecular weight is 673 g/mol. The van der Waals surface area contributed by atoms with E-state index in [4.69, 9.17) is 4.74 Å². The average Bonchev–Trinajstić information content (AvgIpc) is 3.60. The van der Waals surface area contributed by atoms with Crippen molar-refractivity contribution >= 4 is 43.6 Å². The highest BCUT2D eigenvalue weighted by Crippen LogP contribution is 2.33. The lowest BCUT2D eigenvalue weighted by atomic mass is 10.1. The minimum atomic E-state index is -0.680. The summed E-state index contributed by atoms with van der Waals surface area (Å²) in [5.41, 5.74) is 5.15. The van der Waals surface area contributed by atoms with Gasteiger partial charge in [0.1, 0.15) is 11.6 Å². The van der Waals surface area contributed by atoms with E-state index in [0.717, 1.165) is 69.8 Å². The number of piperazine rings is 1. The lowest BCUT2D eigenvalue weighted by Crippen LogP contribution is -2.53. The Morgan fingerprint density at radius 1 is 0.660 bits per heavy atom. The van der Waals surface area contributed by atoms with Gasteiger partial charge in [-0.05, 0) is 61.0 Å². The summed E-state index contributed by atoms with van der Waals surface area (Å²) in [7, 11) is 0. The summed E-state index contributed by atoms with van der Waals surface area (Å²) in [5, 5.41) is 15.1. The van der Waals surface area contributed by atoms with Crippen LogP contribution in [0, 0.1) is 11.6 Å². The van der Waals surface area contributed by atoms with Crippen molar-refractivity contribution in [2.45, 2.75) is 44.8 Å². The topological polar surface area (TPSA) is 45.8 Å². The fourth-order valence-corrected chi connectivity index (χ4v) is 7.91. The lowest BCUT2D eigenvalue weighted by molar-refractivity contribution is -0.0418. The van der Waals surface area contributed by atoms with Crippen LogP contribution in [-0.4, -0.2) is 75.1 Å². The quantitative estimate of drug-likeness (QED) is 0.152. The van der Waals surface area contributed by atoms with E-state index in [1.165, 1.54) is 17.7 Å². The molecule has 0 amide bonds. The van der Waals surface area contributed by atoms with Crippen LogP contribution in [0.1, 0.15) is 12.5 Å². The van der Waals surface area contributed by atoms with E-state index in [1.54, 1.807) is 12.1 Å². The molecule has 6 nitrogen and oxygen atoms in total. The summed E-state index contributed by atoms with van der Waals surface area (Å²) < 4.78 is 40.0. The number of aliphatic hydroxyl groups is 1. The summed E-state index contributed by atoms with van der Waals surface area (Å²) in [5.74, 6) is -0.548. The van der Waals surface area contributed by atoms with Crippen molar-refractivity contribution in [1.82, 2.24) is 18.9 Å². The van der Waals surface area contributed by atoms with Crippen LogP contribution in [0.3, 0.4) is 0 Å². The molecule has 3 heterocycles. The Balaban J connectivity index is 1.05. The second-order valence-corrected chi connectivity index (χ2v) is 13.8. The maximum absolute atomic E-state index is 14.5. The molecular weight excluding hydrogens is 630 g/mol. The Morgan fingerprint density at radius 3 is 1.78 bits per heavy atom. The van der Waals surface area contributed by atoms with Crippen molar-refractivity contribution in [2.24, 2.45) is 0 Å². The van der Waals surface area contributed by atoms with E-state index in [1.807, 2.05) is 54.6 Å². The molecule has 7 aromatic rings. The van der Waals surface area contributed by atoms with Gasteiger partial charge in [-0.1, -0.05) is 66.7 Å². The molecule has 1 aliphatic heterocycles. The molecule has 50 heavy (non-hydrogen) atoms. The molecular formula is C42H42F2N4O2. The van der Waals surface area contributed by atoms with E-state index >= 15 is 0 Å². The fourth-order valence-electron chi connectivity index (χ4n) is 7.91. The monoisotopic (exact) mass is 672 g/mol. The maximum Gasteiger partial charge on any atom is 0.123 e. The zero-order valence-electron chi connectivity index (χ0n) is 28.3. The largest absolute Gasteiger partial charge is 0.389 e. The summed E-state index contributed by atoms with van der Waals surface area (Å²) in [6.07, 6.45) is -1.04. The van der Waals surface area contributed by atoms with E-state index in [2.05, 4.69) is 62.3 Å². The summed E-state index contributed by atoms with van der Waals surface area (Å²) in [6, 6.07) is 36.8. The smallest absolute Gasteiger partial charge is 0.123 e. The maximum atomic E-state index is 14.5. The van der Waals surface area contributed by atoms with Crippen LogP contribution in [0.15, 0.2) is 115 Å². The molecule has 0 aliphatic carbocycles. The molecule has 8 heteroatoms. The second-order valence-electron chi connectivity index (χ2n) is 13.8. The molecule has 2 aromatic heterocycles. The number of rotatable bonds is 11. The SMILES string of the molecule is C[C@H]1CN(Cc2ccccc2)CCN1CC(O)COC(Cn1c2ccccc2c2cc(F)ccc21)Cn1c2ccccc2c2cc(F)ccc21. The number of hydrogen-bond acceptors (Lipinski definition) is 4. The van der Waals surface area contributed by atoms with E-state index in [9.17, 15) is 13.9 Å². The van der Waals surface area contributed by atoms with Gasteiger partial charge in [0.15, 0.2) is 0 Å². The molecule has 256 valence electrons. The molecule has 1 saturated heterocycles. The number of benzene rings is 5. The number of fused-ring (bicyclic) bond motifs is 6. The number of hydrogen-bond donors (Lipinski definition) is 1. The first-order valence-electron chi connectivity index (χ1n) is 17.5. The minimum Gasteiger partial charge on any atom is -0.389 e. The van der Waals surface area contributed by atoms with Crippen LogP contribution in [0.5, 0.6) is 0 Å². The van der Waals surface area contributed by atoms with Crippen LogP contribution in [0.25, 0.3) is 43.6 Å². The van der Waals surface area contributed by atoms with Crippen LogP contribution >= 0.6 is 0 Å². The van der Waals surface area contributed by atoms with Crippen molar-refractivity contribution < 1.29 is 18.6 Å². The van der Waals surface area contributed by atoms with Gasteiger partial charge in [-0.15, -0.1) is 0 Å². The Labute approximate surface area is 290 Å². The molecule has 0 radical (unpaired) electrons. The standard InChI is InChI=1S/C42H42F2N4O2/c1-29-23-45(24-30-9-3-2-4-10-30)19-20-46(29)25-33(49)28-50-34(26-47-39-13-7-5-11-35(39)37-21-31(43)15-17-41(37)47)27-48-40-14-8-6-12-36(40)38-22-32(44)16-18-42(38)48/h2-18,21-22,29,33-34,49H,19-20,23-28H2,1H3/t29-,33?/m0/s1. The molecule has 8 rings (SSSR count). The molecule has 1 unspecified atom stereocenters. The van der Waals surface area contributed by atoms with Crippen LogP contribution in [0.2, 0.25) is 0 Å². The fraction of sp³-hybridized carbons (Fsp3) is 0.286. The second kappa shape index (κ2) is 14.0. The molecule has 0 bridgehead atoms. The molecule has 5 aromatic carbocycles. The van der Waals surface area contributed by atoms with Crippen molar-refractivity contribution in [3.63, 3.8) is 0 Å². The number of aromatic nitrogens is 2. The molecule has 1 N–H and O–H groups in total. The Kier molecular flexibility index (Phi) is 9.10. The summed E-state index contributed by atoms with van der Waals surface area (Å²) >= 11 is 0. The van der Waals surface area contributed by atoms with Gasteiger partial charge in [0.05, 0.1) is 31.9 Å². The Morgan fingerprint density at radius 2 is 1.20 bits per heavy atom.